The Labute approximate surface area is 147 Å². The molecule has 2 N–H and O–H groups in total. The summed E-state index contributed by atoms with van der Waals surface area (Å²) in [6.45, 7) is 8.07. The van der Waals surface area contributed by atoms with Gasteiger partial charge in [0, 0.05) is 38.3 Å². The Hall–Kier alpha value is -2.02. The molecule has 1 atom stereocenters. The third-order valence-corrected chi connectivity index (χ3v) is 4.34. The van der Waals surface area contributed by atoms with E-state index in [0.29, 0.717) is 50.6 Å². The van der Waals surface area contributed by atoms with Crippen LogP contribution in [0.15, 0.2) is 12.1 Å². The average molecular weight is 351 g/mol. The van der Waals surface area contributed by atoms with Gasteiger partial charge in [-0.1, -0.05) is 0 Å². The molecule has 1 unspecified atom stereocenters. The molecule has 0 bridgehead atoms. The summed E-state index contributed by atoms with van der Waals surface area (Å²) in [6, 6.07) is 3.18. The fraction of sp³-hybridized carbons (Fsp3) is 0.611. The number of halogens is 1. The van der Waals surface area contributed by atoms with Crippen molar-refractivity contribution in [2.45, 2.75) is 38.8 Å². The lowest BCUT2D eigenvalue weighted by Crippen LogP contribution is -2.50. The number of carbonyl (C=O) groups excluding carboxylic acids is 1. The lowest BCUT2D eigenvalue weighted by molar-refractivity contribution is 0.0240. The molecule has 1 amide bonds. The molecule has 2 heterocycles. The maximum atomic E-state index is 14.5. The number of nitrogens with two attached hydrogens (primary N) is 1. The molecule has 0 saturated carbocycles. The van der Waals surface area contributed by atoms with Crippen molar-refractivity contribution in [2.75, 3.05) is 37.7 Å². The van der Waals surface area contributed by atoms with E-state index in [1.807, 2.05) is 25.7 Å². The van der Waals surface area contributed by atoms with Gasteiger partial charge in [0.2, 0.25) is 0 Å². The highest BCUT2D eigenvalue weighted by molar-refractivity contribution is 5.68. The number of hydrogen-bond donors (Lipinski definition) is 1. The van der Waals surface area contributed by atoms with Crippen LogP contribution in [0.4, 0.5) is 14.9 Å². The Kier molecular flexibility index (Phi) is 4.77. The van der Waals surface area contributed by atoms with E-state index in [-0.39, 0.29) is 18.0 Å². The van der Waals surface area contributed by atoms with E-state index in [1.165, 1.54) is 6.07 Å². The van der Waals surface area contributed by atoms with E-state index >= 15 is 0 Å². The molecule has 0 aliphatic carbocycles. The van der Waals surface area contributed by atoms with Crippen LogP contribution >= 0.6 is 0 Å². The number of nitrogens with zero attached hydrogens (tertiary/aromatic N) is 2. The molecule has 0 radical (unpaired) electrons. The lowest BCUT2D eigenvalue weighted by atomic mass is 10.0. The summed E-state index contributed by atoms with van der Waals surface area (Å²) >= 11 is 0. The average Bonchev–Trinajstić information content (AvgIpc) is 2.52. The number of anilines is 1. The number of fused-ring (bicyclic) bond motifs is 1. The van der Waals surface area contributed by atoms with Gasteiger partial charge in [-0.3, -0.25) is 0 Å². The number of hydrogen-bond acceptors (Lipinski definition) is 5. The lowest BCUT2D eigenvalue weighted by Gasteiger charge is -2.37. The molecule has 138 valence electrons. The van der Waals surface area contributed by atoms with Gasteiger partial charge in [-0.15, -0.1) is 0 Å². The third kappa shape index (κ3) is 4.15. The monoisotopic (exact) mass is 351 g/mol. The highest BCUT2D eigenvalue weighted by atomic mass is 19.1. The first-order valence-electron chi connectivity index (χ1n) is 8.66. The molecule has 1 saturated heterocycles. The van der Waals surface area contributed by atoms with Gasteiger partial charge in [0.1, 0.15) is 23.8 Å². The van der Waals surface area contributed by atoms with E-state index in [0.717, 1.165) is 5.56 Å². The molecular formula is C18H26FN3O3. The van der Waals surface area contributed by atoms with Crippen molar-refractivity contribution in [2.24, 2.45) is 5.73 Å². The minimum Gasteiger partial charge on any atom is -0.492 e. The Morgan fingerprint density at radius 2 is 1.96 bits per heavy atom. The quantitative estimate of drug-likeness (QED) is 0.840. The Balaban J connectivity index is 1.66. The Bertz CT molecular complexity index is 652. The number of ether oxygens (including phenoxy) is 2. The second kappa shape index (κ2) is 6.71. The first-order chi connectivity index (χ1) is 11.7. The largest absolute Gasteiger partial charge is 0.492 e. The van der Waals surface area contributed by atoms with Crippen LogP contribution < -0.4 is 15.4 Å². The molecule has 1 fully saturated rings. The van der Waals surface area contributed by atoms with Crippen molar-refractivity contribution in [3.8, 4) is 5.75 Å². The summed E-state index contributed by atoms with van der Waals surface area (Å²) < 4.78 is 25.5. The maximum absolute atomic E-state index is 14.5. The smallest absolute Gasteiger partial charge is 0.410 e. The zero-order valence-corrected chi connectivity index (χ0v) is 15.0. The SMILES string of the molecule is CC(C)(C)OC(=O)N1CCN(c2cc3c(cc2F)CC(N)CO3)CC1. The summed E-state index contributed by atoms with van der Waals surface area (Å²) in [5.41, 5.74) is 6.67. The summed E-state index contributed by atoms with van der Waals surface area (Å²) in [5, 5.41) is 0. The highest BCUT2D eigenvalue weighted by Gasteiger charge is 2.28. The summed E-state index contributed by atoms with van der Waals surface area (Å²) in [7, 11) is 0. The number of piperazine rings is 1. The van der Waals surface area contributed by atoms with Crippen molar-refractivity contribution in [3.63, 3.8) is 0 Å². The number of benzene rings is 1. The molecule has 1 aromatic carbocycles. The van der Waals surface area contributed by atoms with Crippen LogP contribution in [-0.4, -0.2) is 55.4 Å². The van der Waals surface area contributed by atoms with Gasteiger partial charge in [-0.05, 0) is 38.8 Å². The van der Waals surface area contributed by atoms with E-state index < -0.39 is 5.60 Å². The fourth-order valence-electron chi connectivity index (χ4n) is 3.11. The molecule has 1 aromatic rings. The molecule has 25 heavy (non-hydrogen) atoms. The van der Waals surface area contributed by atoms with Gasteiger partial charge in [0.25, 0.3) is 0 Å². The molecular weight excluding hydrogens is 325 g/mol. The zero-order valence-electron chi connectivity index (χ0n) is 15.0. The van der Waals surface area contributed by atoms with Gasteiger partial charge in [0.05, 0.1) is 5.69 Å². The molecule has 0 spiro atoms. The van der Waals surface area contributed by atoms with Crippen molar-refractivity contribution < 1.29 is 18.7 Å². The molecule has 6 nitrogen and oxygen atoms in total. The van der Waals surface area contributed by atoms with Crippen LogP contribution in [0.2, 0.25) is 0 Å². The topological polar surface area (TPSA) is 68.0 Å². The standard InChI is InChI=1S/C18H26FN3O3/c1-18(2,3)25-17(23)22-6-4-21(5-7-22)15-10-16-12(9-14(15)19)8-13(20)11-24-16/h9-10,13H,4-8,11,20H2,1-3H3. The van der Waals surface area contributed by atoms with E-state index in [4.69, 9.17) is 15.2 Å². The van der Waals surface area contributed by atoms with Gasteiger partial charge in [-0.25, -0.2) is 9.18 Å². The minimum absolute atomic E-state index is 0.0878. The van der Waals surface area contributed by atoms with Gasteiger partial charge < -0.3 is 25.0 Å². The maximum Gasteiger partial charge on any atom is 0.410 e. The van der Waals surface area contributed by atoms with Crippen molar-refractivity contribution in [1.29, 1.82) is 0 Å². The first kappa shape index (κ1) is 17.8. The second-order valence-corrected chi connectivity index (χ2v) is 7.64. The molecule has 7 heteroatoms. The van der Waals surface area contributed by atoms with Crippen molar-refractivity contribution >= 4 is 11.8 Å². The van der Waals surface area contributed by atoms with Crippen LogP contribution in [0, 0.1) is 5.82 Å². The fourth-order valence-corrected chi connectivity index (χ4v) is 3.11. The predicted molar refractivity (Wildman–Crippen MR) is 93.6 cm³/mol. The van der Waals surface area contributed by atoms with Crippen LogP contribution in [0.3, 0.4) is 0 Å². The Morgan fingerprint density at radius 3 is 2.60 bits per heavy atom. The summed E-state index contributed by atoms with van der Waals surface area (Å²) in [6.07, 6.45) is 0.300. The number of carbonyl (C=O) groups is 1. The van der Waals surface area contributed by atoms with E-state index in [9.17, 15) is 9.18 Å². The summed E-state index contributed by atoms with van der Waals surface area (Å²) in [4.78, 5) is 15.7. The molecule has 3 rings (SSSR count). The molecule has 2 aliphatic heterocycles. The predicted octanol–water partition coefficient (Wildman–Crippen LogP) is 2.14. The van der Waals surface area contributed by atoms with Crippen LogP contribution in [0.1, 0.15) is 26.3 Å². The number of amides is 1. The van der Waals surface area contributed by atoms with Crippen molar-refractivity contribution in [3.05, 3.63) is 23.5 Å². The normalized spacial score (nSPS) is 20.8. The van der Waals surface area contributed by atoms with Crippen LogP contribution in [0.5, 0.6) is 5.75 Å². The number of rotatable bonds is 1. The van der Waals surface area contributed by atoms with E-state index in [1.54, 1.807) is 11.0 Å². The summed E-state index contributed by atoms with van der Waals surface area (Å²) in [5.74, 6) is 0.426. The molecule has 2 aliphatic rings. The Morgan fingerprint density at radius 1 is 1.28 bits per heavy atom. The minimum atomic E-state index is -0.517. The van der Waals surface area contributed by atoms with Crippen LogP contribution in [0.25, 0.3) is 0 Å². The third-order valence-electron chi connectivity index (χ3n) is 4.34. The zero-order chi connectivity index (χ0) is 18.2. The van der Waals surface area contributed by atoms with E-state index in [2.05, 4.69) is 0 Å². The second-order valence-electron chi connectivity index (χ2n) is 7.64. The van der Waals surface area contributed by atoms with Gasteiger partial charge in [-0.2, -0.15) is 0 Å². The molecule has 0 aromatic heterocycles. The van der Waals surface area contributed by atoms with Crippen LogP contribution in [-0.2, 0) is 11.2 Å². The highest BCUT2D eigenvalue weighted by Crippen LogP contribution is 2.32. The van der Waals surface area contributed by atoms with Crippen molar-refractivity contribution in [1.82, 2.24) is 4.90 Å². The van der Waals surface area contributed by atoms with Gasteiger partial charge >= 0.3 is 6.09 Å². The van der Waals surface area contributed by atoms with Gasteiger partial charge in [0.15, 0.2) is 0 Å². The first-order valence-corrected chi connectivity index (χ1v) is 8.66.